The summed E-state index contributed by atoms with van der Waals surface area (Å²) < 4.78 is 6.46. The van der Waals surface area contributed by atoms with Crippen molar-refractivity contribution in [3.8, 4) is 11.8 Å². The van der Waals surface area contributed by atoms with E-state index in [0.29, 0.717) is 22.6 Å². The number of nitrogen functional groups attached to an aromatic ring is 1. The number of nitrogens with two attached hydrogens (primary N) is 1. The van der Waals surface area contributed by atoms with Gasteiger partial charge in [0.05, 0.1) is 37.2 Å². The number of hydrogen-bond acceptors (Lipinski definition) is 5. The molecule has 1 aromatic heterocycles. The lowest BCUT2D eigenvalue weighted by Gasteiger charge is -2.09. The minimum Gasteiger partial charge on any atom is -0.496 e. The van der Waals surface area contributed by atoms with Crippen molar-refractivity contribution in [3.63, 3.8) is 0 Å². The molecule has 96 valence electrons. The summed E-state index contributed by atoms with van der Waals surface area (Å²) in [5.74, 6) is 0.601. The first kappa shape index (κ1) is 12.6. The van der Waals surface area contributed by atoms with Crippen LogP contribution in [0.4, 0.5) is 5.69 Å². The molecular formula is C13H12N4O2. The van der Waals surface area contributed by atoms with E-state index in [2.05, 4.69) is 5.10 Å². The number of rotatable bonds is 3. The van der Waals surface area contributed by atoms with E-state index < -0.39 is 0 Å². The Morgan fingerprint density at radius 1 is 1.47 bits per heavy atom. The van der Waals surface area contributed by atoms with Gasteiger partial charge in [-0.25, -0.2) is 4.68 Å². The molecule has 0 atom stereocenters. The third kappa shape index (κ3) is 2.72. The molecule has 2 N–H and O–H groups in total. The van der Waals surface area contributed by atoms with Gasteiger partial charge >= 0.3 is 0 Å². The third-order valence-corrected chi connectivity index (χ3v) is 2.62. The maximum absolute atomic E-state index is 11.7. The fraction of sp³-hybridized carbons (Fsp3) is 0.154. The lowest BCUT2D eigenvalue weighted by atomic mass is 10.1. The second kappa shape index (κ2) is 5.23. The fourth-order valence-corrected chi connectivity index (χ4v) is 1.70. The first-order chi connectivity index (χ1) is 9.13. The molecule has 6 nitrogen and oxygen atoms in total. The highest BCUT2D eigenvalue weighted by Gasteiger charge is 2.07. The molecule has 0 unspecified atom stereocenters. The molecule has 1 heterocycles. The molecule has 0 amide bonds. The van der Waals surface area contributed by atoms with Crippen LogP contribution in [0.1, 0.15) is 11.1 Å². The molecule has 0 fully saturated rings. The van der Waals surface area contributed by atoms with Crippen LogP contribution in [0.25, 0.3) is 0 Å². The summed E-state index contributed by atoms with van der Waals surface area (Å²) in [6.07, 6.45) is 1.40. The second-order valence-electron chi connectivity index (χ2n) is 3.92. The molecule has 0 saturated heterocycles. The number of nitriles is 1. The second-order valence-corrected chi connectivity index (χ2v) is 3.92. The van der Waals surface area contributed by atoms with E-state index >= 15 is 0 Å². The molecule has 1 aromatic carbocycles. The highest BCUT2D eigenvalue weighted by molar-refractivity contribution is 5.42. The Balaban J connectivity index is 2.42. The Bertz CT molecular complexity index is 701. The van der Waals surface area contributed by atoms with E-state index in [-0.39, 0.29) is 12.1 Å². The first-order valence-electron chi connectivity index (χ1n) is 5.53. The van der Waals surface area contributed by atoms with Gasteiger partial charge in [0, 0.05) is 11.6 Å². The van der Waals surface area contributed by atoms with Crippen molar-refractivity contribution in [2.24, 2.45) is 0 Å². The fourth-order valence-electron chi connectivity index (χ4n) is 1.70. The zero-order valence-electron chi connectivity index (χ0n) is 10.3. The van der Waals surface area contributed by atoms with Gasteiger partial charge in [0.25, 0.3) is 5.56 Å². The van der Waals surface area contributed by atoms with E-state index in [0.717, 1.165) is 0 Å². The predicted octanol–water partition coefficient (Wildman–Crippen LogP) is 0.754. The van der Waals surface area contributed by atoms with Crippen LogP contribution in [-0.2, 0) is 6.54 Å². The van der Waals surface area contributed by atoms with Crippen molar-refractivity contribution >= 4 is 5.69 Å². The summed E-state index contributed by atoms with van der Waals surface area (Å²) in [7, 11) is 1.53. The number of anilines is 1. The van der Waals surface area contributed by atoms with Crippen LogP contribution in [0.2, 0.25) is 0 Å². The van der Waals surface area contributed by atoms with Crippen molar-refractivity contribution in [1.82, 2.24) is 9.78 Å². The monoisotopic (exact) mass is 256 g/mol. The summed E-state index contributed by atoms with van der Waals surface area (Å²) in [4.78, 5) is 11.7. The van der Waals surface area contributed by atoms with Crippen LogP contribution in [0.3, 0.4) is 0 Å². The average molecular weight is 256 g/mol. The van der Waals surface area contributed by atoms with Crippen molar-refractivity contribution in [2.75, 3.05) is 12.8 Å². The number of hydrogen-bond donors (Lipinski definition) is 1. The SMILES string of the molecule is COc1ccc(C#N)cc1Cn1ncc(N)cc1=O. The molecule has 19 heavy (non-hydrogen) atoms. The van der Waals surface area contributed by atoms with Crippen LogP contribution >= 0.6 is 0 Å². The molecule has 0 radical (unpaired) electrons. The summed E-state index contributed by atoms with van der Waals surface area (Å²) in [6.45, 7) is 0.220. The van der Waals surface area contributed by atoms with Crippen LogP contribution in [-0.4, -0.2) is 16.9 Å². The van der Waals surface area contributed by atoms with Gasteiger partial charge in [-0.2, -0.15) is 10.4 Å². The third-order valence-electron chi connectivity index (χ3n) is 2.62. The maximum atomic E-state index is 11.7. The summed E-state index contributed by atoms with van der Waals surface area (Å²) in [5, 5.41) is 12.8. The van der Waals surface area contributed by atoms with Gasteiger partial charge in [-0.1, -0.05) is 0 Å². The average Bonchev–Trinajstić information content (AvgIpc) is 2.41. The highest BCUT2D eigenvalue weighted by atomic mass is 16.5. The molecule has 0 aliphatic rings. The number of aromatic nitrogens is 2. The molecule has 2 rings (SSSR count). The molecule has 2 aromatic rings. The number of benzene rings is 1. The van der Waals surface area contributed by atoms with Crippen molar-refractivity contribution in [3.05, 3.63) is 51.9 Å². The van der Waals surface area contributed by atoms with Crippen LogP contribution < -0.4 is 16.0 Å². The van der Waals surface area contributed by atoms with Gasteiger partial charge in [-0.05, 0) is 18.2 Å². The van der Waals surface area contributed by atoms with Crippen molar-refractivity contribution < 1.29 is 4.74 Å². The van der Waals surface area contributed by atoms with Gasteiger partial charge in [-0.15, -0.1) is 0 Å². The van der Waals surface area contributed by atoms with Crippen LogP contribution in [0, 0.1) is 11.3 Å². The smallest absolute Gasteiger partial charge is 0.269 e. The van der Waals surface area contributed by atoms with E-state index in [1.165, 1.54) is 24.1 Å². The standard InChI is InChI=1S/C13H12N4O2/c1-19-12-3-2-9(6-14)4-10(12)8-17-13(18)5-11(15)7-16-17/h2-5,7H,8,15H2,1H3. The molecule has 0 aliphatic heterocycles. The van der Waals surface area contributed by atoms with Gasteiger partial charge < -0.3 is 10.5 Å². The summed E-state index contributed by atoms with van der Waals surface area (Å²) in [5.41, 5.74) is 6.70. The Kier molecular flexibility index (Phi) is 3.48. The quantitative estimate of drug-likeness (QED) is 0.874. The molecule has 6 heteroatoms. The zero-order chi connectivity index (χ0) is 13.8. The van der Waals surface area contributed by atoms with Gasteiger partial charge in [-0.3, -0.25) is 4.79 Å². The molecule has 0 spiro atoms. The van der Waals surface area contributed by atoms with E-state index in [1.54, 1.807) is 18.2 Å². The minimum atomic E-state index is -0.301. The number of nitrogens with zero attached hydrogens (tertiary/aromatic N) is 3. The summed E-state index contributed by atoms with van der Waals surface area (Å²) >= 11 is 0. The van der Waals surface area contributed by atoms with E-state index in [4.69, 9.17) is 15.7 Å². The topological polar surface area (TPSA) is 93.9 Å². The van der Waals surface area contributed by atoms with E-state index in [1.807, 2.05) is 6.07 Å². The summed E-state index contributed by atoms with van der Waals surface area (Å²) in [6, 6.07) is 8.36. The normalized spacial score (nSPS) is 9.89. The van der Waals surface area contributed by atoms with Crippen molar-refractivity contribution in [2.45, 2.75) is 6.54 Å². The first-order valence-corrected chi connectivity index (χ1v) is 5.53. The van der Waals surface area contributed by atoms with Crippen LogP contribution in [0.5, 0.6) is 5.75 Å². The predicted molar refractivity (Wildman–Crippen MR) is 69.7 cm³/mol. The molecule has 0 aliphatic carbocycles. The van der Waals surface area contributed by atoms with Gasteiger partial charge in [0.15, 0.2) is 0 Å². The lowest BCUT2D eigenvalue weighted by molar-refractivity contribution is 0.406. The lowest BCUT2D eigenvalue weighted by Crippen LogP contribution is -2.23. The Morgan fingerprint density at radius 2 is 2.26 bits per heavy atom. The molecule has 0 bridgehead atoms. The Morgan fingerprint density at radius 3 is 2.89 bits per heavy atom. The number of methoxy groups -OCH3 is 1. The van der Waals surface area contributed by atoms with Gasteiger partial charge in [0.2, 0.25) is 0 Å². The Labute approximate surface area is 109 Å². The maximum Gasteiger partial charge on any atom is 0.269 e. The Hall–Kier alpha value is -2.81. The number of ether oxygens (including phenoxy) is 1. The molecule has 0 saturated carbocycles. The minimum absolute atomic E-state index is 0.220. The van der Waals surface area contributed by atoms with Crippen molar-refractivity contribution in [1.29, 1.82) is 5.26 Å². The zero-order valence-corrected chi connectivity index (χ0v) is 10.3. The van der Waals surface area contributed by atoms with E-state index in [9.17, 15) is 4.79 Å². The highest BCUT2D eigenvalue weighted by Crippen LogP contribution is 2.20. The van der Waals surface area contributed by atoms with Crippen LogP contribution in [0.15, 0.2) is 35.3 Å². The molecular weight excluding hydrogens is 244 g/mol. The van der Waals surface area contributed by atoms with Gasteiger partial charge in [0.1, 0.15) is 5.75 Å². The largest absolute Gasteiger partial charge is 0.496 e.